The van der Waals surface area contributed by atoms with Gasteiger partial charge in [0.25, 0.3) is 5.91 Å². The van der Waals surface area contributed by atoms with Crippen molar-refractivity contribution in [3.8, 4) is 11.3 Å². The van der Waals surface area contributed by atoms with Crippen molar-refractivity contribution in [1.82, 2.24) is 10.2 Å². The third-order valence-electron chi connectivity index (χ3n) is 4.55. The molecule has 0 radical (unpaired) electrons. The predicted molar refractivity (Wildman–Crippen MR) is 110 cm³/mol. The molecule has 2 aromatic carbocycles. The molecule has 1 aliphatic heterocycles. The molecule has 4 rings (SSSR count). The maximum absolute atomic E-state index is 12.6. The summed E-state index contributed by atoms with van der Waals surface area (Å²) in [5.41, 5.74) is 1.74. The molecule has 2 heterocycles. The van der Waals surface area contributed by atoms with Crippen LogP contribution in [0.25, 0.3) is 17.4 Å². The summed E-state index contributed by atoms with van der Waals surface area (Å²) in [6.07, 6.45) is 1.46. The molecule has 1 fully saturated rings. The van der Waals surface area contributed by atoms with Gasteiger partial charge in [-0.05, 0) is 42.0 Å². The van der Waals surface area contributed by atoms with Gasteiger partial charge in [0.05, 0.1) is 12.1 Å². The summed E-state index contributed by atoms with van der Waals surface area (Å²) < 4.78 is 5.72. The van der Waals surface area contributed by atoms with Gasteiger partial charge in [-0.1, -0.05) is 35.9 Å². The first kappa shape index (κ1) is 19.5. The molecule has 1 aromatic heterocycles. The number of halogens is 1. The number of carbonyl (C=O) groups is 3. The minimum atomic E-state index is -1.01. The van der Waals surface area contributed by atoms with Crippen LogP contribution in [0, 0.1) is 0 Å². The minimum absolute atomic E-state index is 0.107. The highest BCUT2D eigenvalue weighted by molar-refractivity contribution is 6.30. The standard InChI is InChI=1S/C22H15ClN2O5/c23-16-7-1-13(2-8-16)12-25-20(26)18(24-22(25)29)11-17-9-10-19(30-17)14-3-5-15(6-4-14)21(27)28/h1-11H,12H2,(H,24,29)(H,27,28)/b18-11+. The average Bonchev–Trinajstić information content (AvgIpc) is 3.30. The molecule has 1 aliphatic rings. The zero-order chi connectivity index (χ0) is 21.3. The number of carbonyl (C=O) groups excluding carboxylic acids is 2. The molecule has 7 nitrogen and oxygen atoms in total. The topological polar surface area (TPSA) is 99.9 Å². The number of amides is 3. The van der Waals surface area contributed by atoms with Crippen LogP contribution in [0.1, 0.15) is 21.7 Å². The number of imide groups is 1. The van der Waals surface area contributed by atoms with Crippen molar-refractivity contribution in [2.24, 2.45) is 0 Å². The molecule has 2 N–H and O–H groups in total. The van der Waals surface area contributed by atoms with E-state index in [9.17, 15) is 14.4 Å². The molecular weight excluding hydrogens is 408 g/mol. The van der Waals surface area contributed by atoms with Gasteiger partial charge in [-0.15, -0.1) is 0 Å². The van der Waals surface area contributed by atoms with E-state index in [2.05, 4.69) is 5.32 Å². The fourth-order valence-corrected chi connectivity index (χ4v) is 3.12. The number of carboxylic acids is 1. The van der Waals surface area contributed by atoms with E-state index in [1.807, 2.05) is 0 Å². The highest BCUT2D eigenvalue weighted by Crippen LogP contribution is 2.25. The van der Waals surface area contributed by atoms with E-state index in [0.717, 1.165) is 10.5 Å². The first-order valence-corrected chi connectivity index (χ1v) is 9.31. The number of furan rings is 1. The highest BCUT2D eigenvalue weighted by Gasteiger charge is 2.33. The molecule has 0 unspecified atom stereocenters. The number of rotatable bonds is 5. The fraction of sp³-hybridized carbons (Fsp3) is 0.0455. The predicted octanol–water partition coefficient (Wildman–Crippen LogP) is 4.39. The summed E-state index contributed by atoms with van der Waals surface area (Å²) in [5.74, 6) is -0.582. The molecule has 0 saturated carbocycles. The Labute approximate surface area is 176 Å². The van der Waals surface area contributed by atoms with Gasteiger partial charge in [0, 0.05) is 16.7 Å². The van der Waals surface area contributed by atoms with Gasteiger partial charge in [-0.25, -0.2) is 9.59 Å². The maximum Gasteiger partial charge on any atom is 0.335 e. The fourth-order valence-electron chi connectivity index (χ4n) is 2.99. The van der Waals surface area contributed by atoms with Crippen molar-refractivity contribution in [2.45, 2.75) is 6.54 Å². The van der Waals surface area contributed by atoms with E-state index < -0.39 is 17.9 Å². The number of carboxylic acid groups (broad SMARTS) is 1. The number of nitrogens with zero attached hydrogens (tertiary/aromatic N) is 1. The van der Waals surface area contributed by atoms with E-state index in [0.29, 0.717) is 22.1 Å². The molecule has 150 valence electrons. The van der Waals surface area contributed by atoms with Crippen LogP contribution in [0.5, 0.6) is 0 Å². The van der Waals surface area contributed by atoms with Crippen LogP contribution in [0.15, 0.2) is 70.8 Å². The first-order chi connectivity index (χ1) is 14.4. The molecule has 0 aliphatic carbocycles. The van der Waals surface area contributed by atoms with E-state index >= 15 is 0 Å². The van der Waals surface area contributed by atoms with Crippen LogP contribution in [0.4, 0.5) is 4.79 Å². The van der Waals surface area contributed by atoms with Crippen LogP contribution in [0.2, 0.25) is 5.02 Å². The highest BCUT2D eigenvalue weighted by atomic mass is 35.5. The molecule has 1 saturated heterocycles. The Bertz CT molecular complexity index is 1160. The normalized spacial score (nSPS) is 15.0. The molecule has 8 heteroatoms. The summed E-state index contributed by atoms with van der Waals surface area (Å²) in [4.78, 5) is 36.9. The molecule has 3 aromatic rings. The monoisotopic (exact) mass is 422 g/mol. The zero-order valence-corrected chi connectivity index (χ0v) is 16.2. The van der Waals surface area contributed by atoms with Gasteiger partial charge in [0.1, 0.15) is 17.2 Å². The summed E-state index contributed by atoms with van der Waals surface area (Å²) in [6.45, 7) is 0.124. The van der Waals surface area contributed by atoms with Crippen molar-refractivity contribution in [2.75, 3.05) is 0 Å². The van der Waals surface area contributed by atoms with Crippen LogP contribution in [0.3, 0.4) is 0 Å². The molecule has 0 spiro atoms. The number of hydrogen-bond donors (Lipinski definition) is 2. The van der Waals surface area contributed by atoms with E-state index in [1.54, 1.807) is 48.5 Å². The molecular formula is C22H15ClN2O5. The second-order valence-electron chi connectivity index (χ2n) is 6.59. The molecule has 3 amide bonds. The van der Waals surface area contributed by atoms with Crippen molar-refractivity contribution < 1.29 is 23.9 Å². The van der Waals surface area contributed by atoms with Crippen LogP contribution >= 0.6 is 11.6 Å². The van der Waals surface area contributed by atoms with Gasteiger partial charge in [0.15, 0.2) is 0 Å². The van der Waals surface area contributed by atoms with Crippen LogP contribution in [-0.4, -0.2) is 27.9 Å². The minimum Gasteiger partial charge on any atom is -0.478 e. The number of urea groups is 1. The molecule has 30 heavy (non-hydrogen) atoms. The Morgan fingerprint density at radius 2 is 1.73 bits per heavy atom. The smallest absolute Gasteiger partial charge is 0.335 e. The summed E-state index contributed by atoms with van der Waals surface area (Å²) >= 11 is 5.86. The number of nitrogens with one attached hydrogen (secondary N) is 1. The van der Waals surface area contributed by atoms with Crippen LogP contribution < -0.4 is 5.32 Å². The number of hydrogen-bond acceptors (Lipinski definition) is 4. The van der Waals surface area contributed by atoms with E-state index in [1.165, 1.54) is 18.2 Å². The Hall–Kier alpha value is -3.84. The third-order valence-corrected chi connectivity index (χ3v) is 4.80. The maximum atomic E-state index is 12.6. The number of benzene rings is 2. The average molecular weight is 423 g/mol. The zero-order valence-electron chi connectivity index (χ0n) is 15.5. The van der Waals surface area contributed by atoms with Crippen LogP contribution in [-0.2, 0) is 11.3 Å². The van der Waals surface area contributed by atoms with E-state index in [4.69, 9.17) is 21.1 Å². The lowest BCUT2D eigenvalue weighted by molar-refractivity contribution is -0.123. The Morgan fingerprint density at radius 1 is 1.03 bits per heavy atom. The largest absolute Gasteiger partial charge is 0.478 e. The van der Waals surface area contributed by atoms with Crippen molar-refractivity contribution in [1.29, 1.82) is 0 Å². The third kappa shape index (κ3) is 3.97. The Balaban J connectivity index is 1.51. The lowest BCUT2D eigenvalue weighted by atomic mass is 10.1. The lowest BCUT2D eigenvalue weighted by Crippen LogP contribution is -2.30. The summed E-state index contributed by atoms with van der Waals surface area (Å²) in [7, 11) is 0. The van der Waals surface area contributed by atoms with Gasteiger partial charge in [0.2, 0.25) is 0 Å². The second kappa shape index (κ2) is 7.88. The van der Waals surface area contributed by atoms with Gasteiger partial charge in [-0.2, -0.15) is 0 Å². The summed E-state index contributed by atoms with van der Waals surface area (Å²) in [5, 5.41) is 12.1. The second-order valence-corrected chi connectivity index (χ2v) is 7.03. The molecule has 0 bridgehead atoms. The lowest BCUT2D eigenvalue weighted by Gasteiger charge is -2.11. The first-order valence-electron chi connectivity index (χ1n) is 8.93. The summed E-state index contributed by atoms with van der Waals surface area (Å²) in [6, 6.07) is 16.0. The Morgan fingerprint density at radius 3 is 2.40 bits per heavy atom. The van der Waals surface area contributed by atoms with Crippen molar-refractivity contribution in [3.05, 3.63) is 88.3 Å². The van der Waals surface area contributed by atoms with Crippen molar-refractivity contribution in [3.63, 3.8) is 0 Å². The SMILES string of the molecule is O=C(O)c1ccc(-c2ccc(/C=C3/NC(=O)N(Cc4ccc(Cl)cc4)C3=O)o2)cc1. The van der Waals surface area contributed by atoms with Crippen molar-refractivity contribution >= 4 is 35.6 Å². The number of aromatic carboxylic acids is 1. The van der Waals surface area contributed by atoms with E-state index in [-0.39, 0.29) is 17.8 Å². The quantitative estimate of drug-likeness (QED) is 0.469. The van der Waals surface area contributed by atoms with Gasteiger partial charge >= 0.3 is 12.0 Å². The molecule has 0 atom stereocenters. The van der Waals surface area contributed by atoms with Gasteiger partial charge < -0.3 is 14.8 Å². The Kier molecular flexibility index (Phi) is 5.12. The van der Waals surface area contributed by atoms with Gasteiger partial charge in [-0.3, -0.25) is 9.69 Å².